The van der Waals surface area contributed by atoms with Crippen molar-refractivity contribution in [3.8, 4) is 23.1 Å². The fourth-order valence-electron chi connectivity index (χ4n) is 3.20. The Morgan fingerprint density at radius 1 is 1.00 bits per heavy atom. The van der Waals surface area contributed by atoms with Crippen LogP contribution in [0.25, 0.3) is 11.1 Å². The van der Waals surface area contributed by atoms with Crippen molar-refractivity contribution < 1.29 is 30.6 Å². The van der Waals surface area contributed by atoms with Gasteiger partial charge in [0.25, 0.3) is 5.88 Å². The highest BCUT2D eigenvalue weighted by Gasteiger charge is 2.49. The largest absolute Gasteiger partial charge is 0.534 e. The Balaban J connectivity index is 1.97. The van der Waals surface area contributed by atoms with Crippen LogP contribution in [0.5, 0.6) is 5.88 Å². The molecular formula is C25H23F3N4O4S. The minimum absolute atomic E-state index is 0.116. The molecule has 0 saturated heterocycles. The summed E-state index contributed by atoms with van der Waals surface area (Å²) in [5.74, 6) is -0.970. The van der Waals surface area contributed by atoms with E-state index in [2.05, 4.69) is 19.8 Å². The Morgan fingerprint density at radius 2 is 1.62 bits per heavy atom. The number of benzene rings is 2. The fraction of sp³-hybridized carbons (Fsp3) is 0.240. The molecule has 2 aromatic carbocycles. The Labute approximate surface area is 212 Å². The summed E-state index contributed by atoms with van der Waals surface area (Å²) in [5, 5.41) is 15.0. The van der Waals surface area contributed by atoms with E-state index in [1.54, 1.807) is 45.0 Å². The van der Waals surface area contributed by atoms with Crippen LogP contribution >= 0.6 is 0 Å². The number of nitrogens with one attached hydrogen (secondary N) is 2. The van der Waals surface area contributed by atoms with Gasteiger partial charge in [-0.05, 0) is 48.4 Å². The van der Waals surface area contributed by atoms with Crippen molar-refractivity contribution in [3.05, 3.63) is 71.4 Å². The third kappa shape index (κ3) is 6.56. The molecule has 194 valence electrons. The highest BCUT2D eigenvalue weighted by Crippen LogP contribution is 2.36. The number of pyridine rings is 1. The summed E-state index contributed by atoms with van der Waals surface area (Å²) in [6, 6.07) is 16.0. The Hall–Kier alpha value is -4.11. The number of hydrogen-bond acceptors (Lipinski definition) is 6. The van der Waals surface area contributed by atoms with E-state index in [1.807, 2.05) is 13.0 Å². The number of amides is 2. The van der Waals surface area contributed by atoms with Gasteiger partial charge in [-0.3, -0.25) is 0 Å². The van der Waals surface area contributed by atoms with Crippen LogP contribution in [-0.2, 0) is 15.5 Å². The predicted molar refractivity (Wildman–Crippen MR) is 133 cm³/mol. The number of urea groups is 1. The lowest BCUT2D eigenvalue weighted by Gasteiger charge is -2.21. The van der Waals surface area contributed by atoms with Gasteiger partial charge < -0.3 is 14.8 Å². The van der Waals surface area contributed by atoms with E-state index in [9.17, 15) is 31.6 Å². The van der Waals surface area contributed by atoms with Crippen LogP contribution in [0, 0.1) is 18.3 Å². The van der Waals surface area contributed by atoms with Crippen LogP contribution < -0.4 is 14.8 Å². The normalized spacial score (nSPS) is 11.9. The lowest BCUT2D eigenvalue weighted by atomic mass is 9.88. The van der Waals surface area contributed by atoms with E-state index in [-0.39, 0.29) is 11.3 Å². The summed E-state index contributed by atoms with van der Waals surface area (Å²) < 4.78 is 66.4. The molecule has 0 aliphatic carbocycles. The average molecular weight is 533 g/mol. The average Bonchev–Trinajstić information content (AvgIpc) is 2.77. The number of aromatic nitrogens is 1. The Kier molecular flexibility index (Phi) is 7.50. The van der Waals surface area contributed by atoms with Gasteiger partial charge in [-0.15, -0.1) is 0 Å². The van der Waals surface area contributed by atoms with Gasteiger partial charge in [-0.1, -0.05) is 45.0 Å². The number of aryl methyl sites for hydroxylation is 1. The number of rotatable bonds is 5. The summed E-state index contributed by atoms with van der Waals surface area (Å²) in [7, 11) is -6.06. The second kappa shape index (κ2) is 10.1. The molecule has 8 nitrogen and oxygen atoms in total. The highest BCUT2D eigenvalue weighted by atomic mass is 32.2. The number of nitriles is 1. The van der Waals surface area contributed by atoms with E-state index >= 15 is 0 Å². The molecule has 0 unspecified atom stereocenters. The molecule has 0 aliphatic heterocycles. The van der Waals surface area contributed by atoms with E-state index < -0.39 is 38.5 Å². The molecule has 2 amide bonds. The Morgan fingerprint density at radius 3 is 2.16 bits per heavy atom. The third-order valence-corrected chi connectivity index (χ3v) is 6.01. The zero-order valence-electron chi connectivity index (χ0n) is 20.3. The monoisotopic (exact) mass is 532 g/mol. The van der Waals surface area contributed by atoms with Gasteiger partial charge >= 0.3 is 21.7 Å². The highest BCUT2D eigenvalue weighted by molar-refractivity contribution is 7.88. The van der Waals surface area contributed by atoms with E-state index in [4.69, 9.17) is 0 Å². The molecule has 0 aliphatic rings. The van der Waals surface area contributed by atoms with Gasteiger partial charge in [0, 0.05) is 22.4 Å². The molecule has 0 atom stereocenters. The van der Waals surface area contributed by atoms with Crippen molar-refractivity contribution in [1.82, 2.24) is 4.98 Å². The quantitative estimate of drug-likeness (QED) is 0.303. The molecule has 1 heterocycles. The van der Waals surface area contributed by atoms with Crippen LogP contribution in [0.4, 0.5) is 29.3 Å². The van der Waals surface area contributed by atoms with Gasteiger partial charge in [0.1, 0.15) is 11.6 Å². The first-order chi connectivity index (χ1) is 17.1. The lowest BCUT2D eigenvalue weighted by molar-refractivity contribution is -0.0501. The second-order valence-electron chi connectivity index (χ2n) is 9.11. The SMILES string of the molecule is Cc1cccc(NC(=O)Nc2ccc(-c3cc(C(C)(C)C)nc(OS(=O)(=O)C(F)(F)F)c3C#N)cc2)c1. The number of halogens is 3. The standard InChI is InChI=1S/C25H23F3N4O4S/c1-15-6-5-7-18(12-15)31-23(33)30-17-10-8-16(9-11-17)19-13-21(24(2,3)4)32-22(20(19)14-29)36-37(34,35)25(26,27)28/h5-13H,1-4H3,(H2,30,31,33). The molecule has 0 fully saturated rings. The molecule has 12 heteroatoms. The number of anilines is 2. The van der Waals surface area contributed by atoms with E-state index in [0.29, 0.717) is 16.9 Å². The molecule has 3 rings (SSSR count). The van der Waals surface area contributed by atoms with Crippen molar-refractivity contribution >= 4 is 27.5 Å². The summed E-state index contributed by atoms with van der Waals surface area (Å²) in [5.41, 5.74) is -4.27. The molecular weight excluding hydrogens is 509 g/mol. The first-order valence-corrected chi connectivity index (χ1v) is 12.2. The zero-order chi connectivity index (χ0) is 27.6. The topological polar surface area (TPSA) is 121 Å². The van der Waals surface area contributed by atoms with Crippen LogP contribution in [-0.4, -0.2) is 24.9 Å². The van der Waals surface area contributed by atoms with Crippen LogP contribution in [0.1, 0.15) is 37.6 Å². The van der Waals surface area contributed by atoms with Gasteiger partial charge in [-0.25, -0.2) is 9.78 Å². The van der Waals surface area contributed by atoms with Crippen LogP contribution in [0.15, 0.2) is 54.6 Å². The maximum Gasteiger partial charge on any atom is 0.534 e. The molecule has 1 aromatic heterocycles. The minimum Gasteiger partial charge on any atom is -0.354 e. The fourth-order valence-corrected chi connectivity index (χ4v) is 3.63. The van der Waals surface area contributed by atoms with Crippen LogP contribution in [0.3, 0.4) is 0 Å². The van der Waals surface area contributed by atoms with Crippen molar-refractivity contribution in [2.24, 2.45) is 0 Å². The van der Waals surface area contributed by atoms with Crippen LogP contribution in [0.2, 0.25) is 0 Å². The summed E-state index contributed by atoms with van der Waals surface area (Å²) in [4.78, 5) is 16.2. The summed E-state index contributed by atoms with van der Waals surface area (Å²) >= 11 is 0. The smallest absolute Gasteiger partial charge is 0.354 e. The van der Waals surface area contributed by atoms with Gasteiger partial charge in [-0.2, -0.15) is 26.9 Å². The number of hydrogen-bond donors (Lipinski definition) is 2. The van der Waals surface area contributed by atoms with Gasteiger partial charge in [0.05, 0.1) is 5.69 Å². The molecule has 0 saturated carbocycles. The first kappa shape index (κ1) is 27.5. The maximum atomic E-state index is 13.0. The van der Waals surface area contributed by atoms with Crippen molar-refractivity contribution in [1.29, 1.82) is 5.26 Å². The number of alkyl halides is 3. The molecule has 0 radical (unpaired) electrons. The first-order valence-electron chi connectivity index (χ1n) is 10.8. The zero-order valence-corrected chi connectivity index (χ0v) is 21.1. The molecule has 0 spiro atoms. The molecule has 3 aromatic rings. The molecule has 2 N–H and O–H groups in total. The maximum absolute atomic E-state index is 13.0. The minimum atomic E-state index is -6.06. The predicted octanol–water partition coefficient (Wildman–Crippen LogP) is 6.10. The number of carbonyl (C=O) groups is 1. The van der Waals surface area contributed by atoms with Crippen molar-refractivity contribution in [2.45, 2.75) is 38.6 Å². The number of nitrogens with zero attached hydrogens (tertiary/aromatic N) is 2. The van der Waals surface area contributed by atoms with Crippen molar-refractivity contribution in [2.75, 3.05) is 10.6 Å². The second-order valence-corrected chi connectivity index (χ2v) is 10.6. The lowest BCUT2D eigenvalue weighted by Crippen LogP contribution is -2.29. The summed E-state index contributed by atoms with van der Waals surface area (Å²) in [6.45, 7) is 7.03. The summed E-state index contributed by atoms with van der Waals surface area (Å²) in [6.07, 6.45) is 0. The molecule has 37 heavy (non-hydrogen) atoms. The number of carbonyl (C=O) groups excluding carboxylic acids is 1. The Bertz CT molecular complexity index is 1470. The molecule has 0 bridgehead atoms. The van der Waals surface area contributed by atoms with E-state index in [0.717, 1.165) is 5.56 Å². The van der Waals surface area contributed by atoms with Crippen molar-refractivity contribution in [3.63, 3.8) is 0 Å². The van der Waals surface area contributed by atoms with E-state index in [1.165, 1.54) is 30.3 Å². The third-order valence-electron chi connectivity index (χ3n) is 5.07. The van der Waals surface area contributed by atoms with Gasteiger partial charge in [0.2, 0.25) is 0 Å². The van der Waals surface area contributed by atoms with Gasteiger partial charge in [0.15, 0.2) is 0 Å².